The summed E-state index contributed by atoms with van der Waals surface area (Å²) in [6, 6.07) is 6.06. The van der Waals surface area contributed by atoms with E-state index >= 15 is 0 Å². The average molecular weight is 453 g/mol. The maximum absolute atomic E-state index is 13.6. The Morgan fingerprint density at radius 2 is 1.70 bits per heavy atom. The first kappa shape index (κ1) is 24.7. The number of benzene rings is 1. The quantitative estimate of drug-likeness (QED) is 0.395. The molecule has 1 aliphatic heterocycles. The summed E-state index contributed by atoms with van der Waals surface area (Å²) in [6.07, 6.45) is 1.48. The molecule has 178 valence electrons. The predicted octanol–water partition coefficient (Wildman–Crippen LogP) is 5.75. The number of hydrogen-bond acceptors (Lipinski definition) is 5. The van der Waals surface area contributed by atoms with Crippen LogP contribution in [-0.2, 0) is 20.7 Å². The minimum Gasteiger partial charge on any atom is -0.462 e. The first-order valence-corrected chi connectivity index (χ1v) is 11.9. The van der Waals surface area contributed by atoms with E-state index in [2.05, 4.69) is 32.9 Å². The molecule has 1 aliphatic rings. The number of carbonyl (C=O) groups is 2. The second kappa shape index (κ2) is 9.94. The van der Waals surface area contributed by atoms with Crippen LogP contribution in [0.1, 0.15) is 68.5 Å². The van der Waals surface area contributed by atoms with Gasteiger partial charge in [-0.15, -0.1) is 0 Å². The normalized spacial score (nSPS) is 15.8. The van der Waals surface area contributed by atoms with Crippen LogP contribution in [0, 0.1) is 33.6 Å². The van der Waals surface area contributed by atoms with Crippen molar-refractivity contribution in [3.05, 3.63) is 46.1 Å². The van der Waals surface area contributed by atoms with Crippen molar-refractivity contribution in [3.63, 3.8) is 0 Å². The summed E-state index contributed by atoms with van der Waals surface area (Å²) < 4.78 is 11.9. The van der Waals surface area contributed by atoms with Gasteiger partial charge in [0, 0.05) is 23.7 Å². The second-order valence-corrected chi connectivity index (χ2v) is 9.32. The zero-order chi connectivity index (χ0) is 24.4. The molecule has 6 heteroatoms. The van der Waals surface area contributed by atoms with E-state index in [0.29, 0.717) is 5.88 Å². The lowest BCUT2D eigenvalue weighted by Crippen LogP contribution is -2.50. The zero-order valence-corrected chi connectivity index (χ0v) is 21.1. The number of anilines is 1. The van der Waals surface area contributed by atoms with Crippen LogP contribution >= 0.6 is 0 Å². The summed E-state index contributed by atoms with van der Waals surface area (Å²) in [5, 5.41) is 0. The van der Waals surface area contributed by atoms with Crippen molar-refractivity contribution >= 4 is 17.6 Å². The third-order valence-electron chi connectivity index (χ3n) is 6.14. The second-order valence-electron chi connectivity index (χ2n) is 9.32. The van der Waals surface area contributed by atoms with Crippen molar-refractivity contribution in [2.24, 2.45) is 5.92 Å². The number of ether oxygens (including phenoxy) is 2. The largest absolute Gasteiger partial charge is 0.462 e. The minimum atomic E-state index is -0.910. The van der Waals surface area contributed by atoms with Gasteiger partial charge in [0.05, 0.1) is 11.8 Å². The summed E-state index contributed by atoms with van der Waals surface area (Å²) in [7, 11) is 0. The van der Waals surface area contributed by atoms with Crippen molar-refractivity contribution in [1.29, 1.82) is 0 Å². The van der Waals surface area contributed by atoms with E-state index in [4.69, 9.17) is 14.5 Å². The van der Waals surface area contributed by atoms with Crippen molar-refractivity contribution < 1.29 is 19.1 Å². The molecule has 0 saturated heterocycles. The molecular weight excluding hydrogens is 416 g/mol. The molecule has 0 N–H and O–H groups in total. The molecular formula is C27H36N2O4. The average Bonchev–Trinajstić information content (AvgIpc) is 2.72. The number of rotatable bonds is 7. The molecule has 1 unspecified atom stereocenters. The van der Waals surface area contributed by atoms with E-state index < -0.39 is 11.9 Å². The zero-order valence-electron chi connectivity index (χ0n) is 21.1. The number of pyridine rings is 1. The standard InChI is InChI=1S/C27H36N2O4/c1-9-20(10-2)29-23-13-19(8)28-25(33-24-17(6)11-16(5)12-18(24)7)21(23)14-22(26(29)30)27(31)32-15(3)4/h11-13,15,20,22H,9-10,14H2,1-8H3. The molecule has 1 atom stereocenters. The Bertz CT molecular complexity index is 1030. The molecule has 0 fully saturated rings. The Kier molecular flexibility index (Phi) is 7.45. The Balaban J connectivity index is 2.16. The Morgan fingerprint density at radius 1 is 1.09 bits per heavy atom. The maximum Gasteiger partial charge on any atom is 0.319 e. The number of esters is 1. The highest BCUT2D eigenvalue weighted by atomic mass is 16.5. The van der Waals surface area contributed by atoms with Crippen LogP contribution in [0.2, 0.25) is 0 Å². The van der Waals surface area contributed by atoms with Crippen LogP contribution < -0.4 is 9.64 Å². The summed E-state index contributed by atoms with van der Waals surface area (Å²) in [4.78, 5) is 33.0. The number of amides is 1. The monoisotopic (exact) mass is 452 g/mol. The predicted molar refractivity (Wildman–Crippen MR) is 130 cm³/mol. The summed E-state index contributed by atoms with van der Waals surface area (Å²) in [5.74, 6) is -0.404. The van der Waals surface area contributed by atoms with E-state index in [-0.39, 0.29) is 24.5 Å². The van der Waals surface area contributed by atoms with Gasteiger partial charge in [-0.3, -0.25) is 9.59 Å². The van der Waals surface area contributed by atoms with E-state index in [1.54, 1.807) is 18.7 Å². The first-order chi connectivity index (χ1) is 15.6. The Hall–Kier alpha value is -2.89. The van der Waals surface area contributed by atoms with Crippen molar-refractivity contribution in [2.45, 2.75) is 86.8 Å². The molecule has 3 rings (SSSR count). The van der Waals surface area contributed by atoms with Gasteiger partial charge in [-0.1, -0.05) is 31.5 Å². The number of fused-ring (bicyclic) bond motifs is 1. The molecule has 0 aliphatic carbocycles. The third-order valence-corrected chi connectivity index (χ3v) is 6.14. The van der Waals surface area contributed by atoms with Crippen LogP contribution in [0.3, 0.4) is 0 Å². The molecule has 1 amide bonds. The van der Waals surface area contributed by atoms with Crippen LogP contribution in [0.25, 0.3) is 0 Å². The van der Waals surface area contributed by atoms with E-state index in [0.717, 1.165) is 46.7 Å². The SMILES string of the molecule is CCC(CC)N1C(=O)C(C(=O)OC(C)C)Cc2c1cc(C)nc2Oc1c(C)cc(C)cc1C. The van der Waals surface area contributed by atoms with Crippen molar-refractivity contribution in [2.75, 3.05) is 4.90 Å². The van der Waals surface area contributed by atoms with Gasteiger partial charge in [-0.2, -0.15) is 0 Å². The Labute approximate surface area is 197 Å². The number of aromatic nitrogens is 1. The lowest BCUT2D eigenvalue weighted by Gasteiger charge is -2.38. The first-order valence-electron chi connectivity index (χ1n) is 11.9. The topological polar surface area (TPSA) is 68.7 Å². The van der Waals surface area contributed by atoms with Crippen LogP contribution in [0.5, 0.6) is 11.6 Å². The van der Waals surface area contributed by atoms with Crippen molar-refractivity contribution in [3.8, 4) is 11.6 Å². The van der Waals surface area contributed by atoms with E-state index in [1.807, 2.05) is 26.8 Å². The van der Waals surface area contributed by atoms with Gasteiger partial charge in [0.1, 0.15) is 11.7 Å². The molecule has 0 saturated carbocycles. The molecule has 0 radical (unpaired) electrons. The number of nitrogens with zero attached hydrogens (tertiary/aromatic N) is 2. The van der Waals surface area contributed by atoms with Crippen LogP contribution in [0.15, 0.2) is 18.2 Å². The van der Waals surface area contributed by atoms with Gasteiger partial charge in [0.25, 0.3) is 0 Å². The maximum atomic E-state index is 13.6. The molecule has 2 aromatic rings. The highest BCUT2D eigenvalue weighted by molar-refractivity contribution is 6.09. The number of aryl methyl sites for hydroxylation is 4. The molecule has 1 aromatic carbocycles. The number of carbonyl (C=O) groups excluding carboxylic acids is 2. The Morgan fingerprint density at radius 3 is 2.24 bits per heavy atom. The fourth-order valence-electron chi connectivity index (χ4n) is 4.68. The van der Waals surface area contributed by atoms with Gasteiger partial charge in [0.15, 0.2) is 0 Å². The van der Waals surface area contributed by atoms with Gasteiger partial charge in [0.2, 0.25) is 11.8 Å². The highest BCUT2D eigenvalue weighted by Crippen LogP contribution is 2.41. The molecule has 33 heavy (non-hydrogen) atoms. The number of hydrogen-bond donors (Lipinski definition) is 0. The van der Waals surface area contributed by atoms with Crippen molar-refractivity contribution in [1.82, 2.24) is 4.98 Å². The summed E-state index contributed by atoms with van der Waals surface area (Å²) in [6.45, 7) is 15.7. The smallest absolute Gasteiger partial charge is 0.319 e. The van der Waals surface area contributed by atoms with E-state index in [9.17, 15) is 9.59 Å². The molecule has 6 nitrogen and oxygen atoms in total. The van der Waals surface area contributed by atoms with Gasteiger partial charge < -0.3 is 14.4 Å². The molecule has 2 heterocycles. The lowest BCUT2D eigenvalue weighted by atomic mass is 9.89. The third kappa shape index (κ3) is 5.05. The summed E-state index contributed by atoms with van der Waals surface area (Å²) >= 11 is 0. The molecule has 0 spiro atoms. The van der Waals surface area contributed by atoms with Gasteiger partial charge in [-0.05, 0) is 71.6 Å². The fraction of sp³-hybridized carbons (Fsp3) is 0.519. The fourth-order valence-corrected chi connectivity index (χ4v) is 4.68. The summed E-state index contributed by atoms with van der Waals surface area (Å²) in [5.41, 5.74) is 5.52. The van der Waals surface area contributed by atoms with Gasteiger partial charge >= 0.3 is 5.97 Å². The van der Waals surface area contributed by atoms with Crippen LogP contribution in [-0.4, -0.2) is 29.0 Å². The molecule has 1 aromatic heterocycles. The van der Waals surface area contributed by atoms with Gasteiger partial charge in [-0.25, -0.2) is 4.98 Å². The lowest BCUT2D eigenvalue weighted by molar-refractivity contribution is -0.155. The van der Waals surface area contributed by atoms with E-state index in [1.165, 1.54) is 5.56 Å². The minimum absolute atomic E-state index is 0.0246. The highest BCUT2D eigenvalue weighted by Gasteiger charge is 2.42. The van der Waals surface area contributed by atoms with Crippen LogP contribution in [0.4, 0.5) is 5.69 Å². The molecule has 0 bridgehead atoms.